The van der Waals surface area contributed by atoms with Gasteiger partial charge in [-0.3, -0.25) is 9.42 Å². The second-order valence-corrected chi connectivity index (χ2v) is 7.74. The first kappa shape index (κ1) is 18.7. The lowest BCUT2D eigenvalue weighted by Crippen LogP contribution is -2.14. The molecular formula is C19H23N2O4P. The highest BCUT2D eigenvalue weighted by molar-refractivity contribution is 7.47. The fraction of sp³-hybridized carbons (Fsp3) is 0.263. The maximum Gasteiger partial charge on any atom is 0.527 e. The molecule has 0 saturated carbocycles. The Kier molecular flexibility index (Phi) is 5.79. The molecule has 7 heteroatoms. The summed E-state index contributed by atoms with van der Waals surface area (Å²) in [5.41, 5.74) is 2.70. The summed E-state index contributed by atoms with van der Waals surface area (Å²) in [5, 5.41) is 0.812. The third-order valence-electron chi connectivity index (χ3n) is 4.03. The summed E-state index contributed by atoms with van der Waals surface area (Å²) in [6, 6.07) is 14.6. The number of nitrogens with zero attached hydrogens (tertiary/aromatic N) is 1. The molecule has 2 aromatic carbocycles. The number of fused-ring (bicyclic) bond motifs is 1. The fourth-order valence-electron chi connectivity index (χ4n) is 2.72. The lowest BCUT2D eigenvalue weighted by molar-refractivity contribution is 0.196. The lowest BCUT2D eigenvalue weighted by atomic mass is 10.1. The smallest absolute Gasteiger partial charge is 0.403 e. The lowest BCUT2D eigenvalue weighted by Gasteiger charge is -2.15. The molecule has 1 unspecified atom stereocenters. The maximum atomic E-state index is 12.4. The largest absolute Gasteiger partial charge is 0.527 e. The van der Waals surface area contributed by atoms with Gasteiger partial charge >= 0.3 is 7.82 Å². The number of rotatable bonds is 8. The van der Waals surface area contributed by atoms with Crippen LogP contribution in [0, 0.1) is 0 Å². The zero-order valence-electron chi connectivity index (χ0n) is 14.9. The van der Waals surface area contributed by atoms with Crippen molar-refractivity contribution in [3.8, 4) is 5.75 Å². The standard InChI is InChI=1S/C19H23N2O4P/c1-21(2)12-11-16-13-20-17-9-6-10-18(19(16)17)25-26(22,23)24-14-15-7-4-3-5-8-15/h3-10,13,20H,11-12,14H2,1-2H3,(H,22,23). The van der Waals surface area contributed by atoms with E-state index in [0.717, 1.165) is 35.0 Å². The quantitative estimate of drug-likeness (QED) is 0.584. The van der Waals surface area contributed by atoms with E-state index >= 15 is 0 Å². The molecular weight excluding hydrogens is 351 g/mol. The molecule has 1 aromatic heterocycles. The number of aromatic amines is 1. The summed E-state index contributed by atoms with van der Waals surface area (Å²) in [6.07, 6.45) is 2.71. The zero-order chi connectivity index (χ0) is 18.6. The van der Waals surface area contributed by atoms with Gasteiger partial charge in [0.15, 0.2) is 0 Å². The molecule has 6 nitrogen and oxygen atoms in total. The van der Waals surface area contributed by atoms with E-state index in [-0.39, 0.29) is 6.61 Å². The highest BCUT2D eigenvalue weighted by Crippen LogP contribution is 2.47. The number of hydrogen-bond donors (Lipinski definition) is 2. The first-order chi connectivity index (χ1) is 12.4. The van der Waals surface area contributed by atoms with Gasteiger partial charge in [0.2, 0.25) is 0 Å². The van der Waals surface area contributed by atoms with Gasteiger partial charge in [0.05, 0.1) is 6.61 Å². The minimum absolute atomic E-state index is 0.00518. The third-order valence-corrected chi connectivity index (χ3v) is 4.91. The number of nitrogens with one attached hydrogen (secondary N) is 1. The minimum Gasteiger partial charge on any atom is -0.403 e. The highest BCUT2D eigenvalue weighted by Gasteiger charge is 2.25. The van der Waals surface area contributed by atoms with Crippen LogP contribution in [0.15, 0.2) is 54.7 Å². The fourth-order valence-corrected chi connectivity index (χ4v) is 3.48. The van der Waals surface area contributed by atoms with Gasteiger partial charge in [0.25, 0.3) is 0 Å². The average Bonchev–Trinajstić information content (AvgIpc) is 3.03. The molecule has 2 N–H and O–H groups in total. The van der Waals surface area contributed by atoms with Crippen LogP contribution in [0.5, 0.6) is 5.75 Å². The zero-order valence-corrected chi connectivity index (χ0v) is 15.8. The molecule has 0 aliphatic rings. The van der Waals surface area contributed by atoms with Crippen molar-refractivity contribution in [2.45, 2.75) is 13.0 Å². The van der Waals surface area contributed by atoms with Gasteiger partial charge in [-0.2, -0.15) is 0 Å². The summed E-state index contributed by atoms with van der Waals surface area (Å²) in [4.78, 5) is 15.4. The number of hydrogen-bond acceptors (Lipinski definition) is 4. The Morgan fingerprint density at radius 1 is 1.12 bits per heavy atom. The summed E-state index contributed by atoms with van der Waals surface area (Å²) >= 11 is 0. The van der Waals surface area contributed by atoms with E-state index in [2.05, 4.69) is 9.88 Å². The number of aromatic nitrogens is 1. The Morgan fingerprint density at radius 3 is 2.62 bits per heavy atom. The van der Waals surface area contributed by atoms with Crippen LogP contribution in [0.2, 0.25) is 0 Å². The molecule has 0 bridgehead atoms. The minimum atomic E-state index is -4.24. The molecule has 1 atom stereocenters. The Morgan fingerprint density at radius 2 is 1.88 bits per heavy atom. The number of phosphoric acid groups is 1. The third kappa shape index (κ3) is 4.74. The average molecular weight is 374 g/mol. The van der Waals surface area contributed by atoms with Crippen LogP contribution in [-0.4, -0.2) is 35.4 Å². The maximum absolute atomic E-state index is 12.4. The van der Waals surface area contributed by atoms with E-state index in [0.29, 0.717) is 5.75 Å². The van der Waals surface area contributed by atoms with E-state index in [4.69, 9.17) is 9.05 Å². The summed E-state index contributed by atoms with van der Waals surface area (Å²) in [5.74, 6) is 0.344. The van der Waals surface area contributed by atoms with Gasteiger partial charge < -0.3 is 14.4 Å². The monoisotopic (exact) mass is 374 g/mol. The summed E-state index contributed by atoms with van der Waals surface area (Å²) in [6.45, 7) is 0.869. The van der Waals surface area contributed by atoms with Crippen LogP contribution >= 0.6 is 7.82 Å². The second kappa shape index (κ2) is 8.06. The number of H-pyrrole nitrogens is 1. The molecule has 138 valence electrons. The van der Waals surface area contributed by atoms with Crippen LogP contribution in [-0.2, 0) is 22.1 Å². The molecule has 0 saturated heterocycles. The molecule has 0 fully saturated rings. The topological polar surface area (TPSA) is 74.8 Å². The van der Waals surface area contributed by atoms with Crippen LogP contribution in [0.25, 0.3) is 10.9 Å². The van der Waals surface area contributed by atoms with E-state index in [1.807, 2.05) is 56.7 Å². The van der Waals surface area contributed by atoms with Crippen molar-refractivity contribution in [1.82, 2.24) is 9.88 Å². The van der Waals surface area contributed by atoms with E-state index in [9.17, 15) is 9.46 Å². The van der Waals surface area contributed by atoms with Gasteiger partial charge in [0, 0.05) is 23.6 Å². The van der Waals surface area contributed by atoms with Crippen LogP contribution < -0.4 is 4.52 Å². The Hall–Kier alpha value is -2.11. The highest BCUT2D eigenvalue weighted by atomic mass is 31.2. The van der Waals surface area contributed by atoms with Gasteiger partial charge in [-0.1, -0.05) is 36.4 Å². The van der Waals surface area contributed by atoms with Crippen LogP contribution in [0.3, 0.4) is 0 Å². The van der Waals surface area contributed by atoms with Gasteiger partial charge in [-0.15, -0.1) is 0 Å². The van der Waals surface area contributed by atoms with Crippen molar-refractivity contribution in [1.29, 1.82) is 0 Å². The molecule has 3 aromatic rings. The number of benzene rings is 2. The van der Waals surface area contributed by atoms with Gasteiger partial charge in [-0.25, -0.2) is 4.57 Å². The van der Waals surface area contributed by atoms with Crippen molar-refractivity contribution in [2.24, 2.45) is 0 Å². The molecule has 0 aliphatic carbocycles. The Labute approximate surface area is 153 Å². The van der Waals surface area contributed by atoms with Gasteiger partial charge in [0.1, 0.15) is 5.75 Å². The van der Waals surface area contributed by atoms with Crippen LogP contribution in [0.4, 0.5) is 0 Å². The Bertz CT molecular complexity index is 908. The van der Waals surface area contributed by atoms with Crippen molar-refractivity contribution in [2.75, 3.05) is 20.6 Å². The molecule has 0 radical (unpaired) electrons. The SMILES string of the molecule is CN(C)CCc1c[nH]c2cccc(OP(=O)(O)OCc3ccccc3)c12. The first-order valence-corrected chi connectivity index (χ1v) is 9.89. The van der Waals surface area contributed by atoms with E-state index in [1.165, 1.54) is 0 Å². The van der Waals surface area contributed by atoms with Crippen molar-refractivity contribution in [3.05, 3.63) is 65.9 Å². The van der Waals surface area contributed by atoms with E-state index in [1.54, 1.807) is 12.1 Å². The normalized spacial score (nSPS) is 13.8. The van der Waals surface area contributed by atoms with E-state index < -0.39 is 7.82 Å². The predicted molar refractivity (Wildman–Crippen MR) is 102 cm³/mol. The molecule has 3 rings (SSSR count). The molecule has 0 spiro atoms. The summed E-state index contributed by atoms with van der Waals surface area (Å²) in [7, 11) is -0.231. The van der Waals surface area contributed by atoms with Gasteiger partial charge in [-0.05, 0) is 43.8 Å². The molecule has 26 heavy (non-hydrogen) atoms. The molecule has 0 amide bonds. The molecule has 1 heterocycles. The summed E-state index contributed by atoms with van der Waals surface area (Å²) < 4.78 is 22.9. The predicted octanol–water partition coefficient (Wildman–Crippen LogP) is 3.97. The molecule has 0 aliphatic heterocycles. The first-order valence-electron chi connectivity index (χ1n) is 8.39. The number of likely N-dealkylation sites (N-methyl/N-ethyl adjacent to an activating group) is 1. The second-order valence-electron chi connectivity index (χ2n) is 6.36. The van der Waals surface area contributed by atoms with Crippen molar-refractivity contribution in [3.63, 3.8) is 0 Å². The van der Waals surface area contributed by atoms with Crippen molar-refractivity contribution >= 4 is 18.7 Å². The number of phosphoric ester groups is 1. The Balaban J connectivity index is 1.78. The van der Waals surface area contributed by atoms with Crippen molar-refractivity contribution < 1.29 is 18.5 Å². The van der Waals surface area contributed by atoms with Crippen LogP contribution in [0.1, 0.15) is 11.1 Å².